The summed E-state index contributed by atoms with van der Waals surface area (Å²) in [4.78, 5) is 0. The molecular formula is C9H19NO2. The molecule has 0 saturated carbocycles. The van der Waals surface area contributed by atoms with Crippen molar-refractivity contribution >= 4 is 0 Å². The highest BCUT2D eigenvalue weighted by molar-refractivity contribution is 4.84. The van der Waals surface area contributed by atoms with Gasteiger partial charge in [-0.25, -0.2) is 0 Å². The van der Waals surface area contributed by atoms with Gasteiger partial charge in [0, 0.05) is 19.3 Å². The van der Waals surface area contributed by atoms with Crippen molar-refractivity contribution in [1.29, 1.82) is 0 Å². The van der Waals surface area contributed by atoms with Crippen molar-refractivity contribution in [2.75, 3.05) is 20.3 Å². The molecule has 1 aliphatic heterocycles. The van der Waals surface area contributed by atoms with Gasteiger partial charge in [-0.3, -0.25) is 5.32 Å². The Bertz CT molecular complexity index is 136. The molecule has 1 heterocycles. The second kappa shape index (κ2) is 4.21. The first-order valence-corrected chi connectivity index (χ1v) is 4.52. The fourth-order valence-corrected chi connectivity index (χ4v) is 1.40. The fourth-order valence-electron chi connectivity index (χ4n) is 1.40. The third kappa shape index (κ3) is 3.09. The van der Waals surface area contributed by atoms with E-state index in [2.05, 4.69) is 19.2 Å². The maximum atomic E-state index is 5.55. The Labute approximate surface area is 74.4 Å². The van der Waals surface area contributed by atoms with Crippen LogP contribution in [0.25, 0.3) is 0 Å². The number of nitrogens with one attached hydrogen (secondary N) is 1. The molecule has 0 amide bonds. The molecule has 0 aromatic heterocycles. The standard InChI is InChI=1S/C9H19NO2/c1-9(2)7-12-8(10-9)5-4-6-11-3/h8,10H,4-7H2,1-3H3. The molecule has 0 bridgehead atoms. The smallest absolute Gasteiger partial charge is 0.108 e. The summed E-state index contributed by atoms with van der Waals surface area (Å²) in [6, 6.07) is 0. The van der Waals surface area contributed by atoms with Gasteiger partial charge in [-0.05, 0) is 26.7 Å². The first-order chi connectivity index (χ1) is 5.64. The third-order valence-electron chi connectivity index (χ3n) is 2.01. The summed E-state index contributed by atoms with van der Waals surface area (Å²) in [6.07, 6.45) is 2.33. The number of methoxy groups -OCH3 is 1. The lowest BCUT2D eigenvalue weighted by atomic mass is 10.1. The Kier molecular flexibility index (Phi) is 3.50. The molecule has 12 heavy (non-hydrogen) atoms. The van der Waals surface area contributed by atoms with Gasteiger partial charge in [0.05, 0.1) is 6.61 Å². The van der Waals surface area contributed by atoms with E-state index in [9.17, 15) is 0 Å². The summed E-state index contributed by atoms with van der Waals surface area (Å²) in [5.74, 6) is 0. The van der Waals surface area contributed by atoms with Crippen LogP contribution in [0.15, 0.2) is 0 Å². The van der Waals surface area contributed by atoms with Gasteiger partial charge < -0.3 is 9.47 Å². The van der Waals surface area contributed by atoms with E-state index < -0.39 is 0 Å². The lowest BCUT2D eigenvalue weighted by Crippen LogP contribution is -2.38. The number of rotatable bonds is 4. The number of hydrogen-bond acceptors (Lipinski definition) is 3. The highest BCUT2D eigenvalue weighted by Gasteiger charge is 2.29. The van der Waals surface area contributed by atoms with Gasteiger partial charge >= 0.3 is 0 Å². The first-order valence-electron chi connectivity index (χ1n) is 4.52. The topological polar surface area (TPSA) is 30.5 Å². The molecule has 0 radical (unpaired) electrons. The van der Waals surface area contributed by atoms with Crippen molar-refractivity contribution in [3.05, 3.63) is 0 Å². The molecule has 1 aliphatic rings. The Morgan fingerprint density at radius 1 is 1.58 bits per heavy atom. The van der Waals surface area contributed by atoms with Crippen LogP contribution in [-0.2, 0) is 9.47 Å². The van der Waals surface area contributed by atoms with Crippen LogP contribution >= 0.6 is 0 Å². The molecule has 0 aliphatic carbocycles. The van der Waals surface area contributed by atoms with Crippen molar-refractivity contribution in [3.8, 4) is 0 Å². The van der Waals surface area contributed by atoms with Crippen molar-refractivity contribution in [2.24, 2.45) is 0 Å². The molecular weight excluding hydrogens is 154 g/mol. The van der Waals surface area contributed by atoms with E-state index in [1.165, 1.54) is 0 Å². The van der Waals surface area contributed by atoms with Crippen LogP contribution in [0.1, 0.15) is 26.7 Å². The second-order valence-corrected chi connectivity index (χ2v) is 3.96. The first kappa shape index (κ1) is 9.96. The minimum atomic E-state index is 0.151. The van der Waals surface area contributed by atoms with Gasteiger partial charge in [0.2, 0.25) is 0 Å². The third-order valence-corrected chi connectivity index (χ3v) is 2.01. The van der Waals surface area contributed by atoms with E-state index in [-0.39, 0.29) is 11.8 Å². The molecule has 1 rings (SSSR count). The predicted molar refractivity (Wildman–Crippen MR) is 48.1 cm³/mol. The maximum absolute atomic E-state index is 5.55. The largest absolute Gasteiger partial charge is 0.385 e. The van der Waals surface area contributed by atoms with Gasteiger partial charge in [-0.15, -0.1) is 0 Å². The van der Waals surface area contributed by atoms with Gasteiger partial charge in [-0.1, -0.05) is 0 Å². The van der Waals surface area contributed by atoms with Crippen LogP contribution in [0, 0.1) is 0 Å². The van der Waals surface area contributed by atoms with Crippen LogP contribution in [0.5, 0.6) is 0 Å². The summed E-state index contributed by atoms with van der Waals surface area (Å²) in [5, 5.41) is 3.41. The summed E-state index contributed by atoms with van der Waals surface area (Å²) in [6.45, 7) is 5.94. The van der Waals surface area contributed by atoms with Crippen molar-refractivity contribution < 1.29 is 9.47 Å². The Hall–Kier alpha value is -0.120. The van der Waals surface area contributed by atoms with E-state index in [1.807, 2.05) is 0 Å². The van der Waals surface area contributed by atoms with Crippen LogP contribution < -0.4 is 5.32 Å². The van der Waals surface area contributed by atoms with Gasteiger partial charge in [0.25, 0.3) is 0 Å². The van der Waals surface area contributed by atoms with E-state index in [4.69, 9.17) is 9.47 Å². The minimum Gasteiger partial charge on any atom is -0.385 e. The van der Waals surface area contributed by atoms with Crippen LogP contribution in [0.3, 0.4) is 0 Å². The Balaban J connectivity index is 2.11. The van der Waals surface area contributed by atoms with E-state index in [1.54, 1.807) is 7.11 Å². The molecule has 3 heteroatoms. The van der Waals surface area contributed by atoms with E-state index >= 15 is 0 Å². The van der Waals surface area contributed by atoms with Crippen LogP contribution in [-0.4, -0.2) is 32.1 Å². The van der Waals surface area contributed by atoms with Gasteiger partial charge in [0.15, 0.2) is 0 Å². The zero-order valence-corrected chi connectivity index (χ0v) is 8.22. The highest BCUT2D eigenvalue weighted by atomic mass is 16.5. The van der Waals surface area contributed by atoms with Crippen molar-refractivity contribution in [3.63, 3.8) is 0 Å². The monoisotopic (exact) mass is 173 g/mol. The second-order valence-electron chi connectivity index (χ2n) is 3.96. The van der Waals surface area contributed by atoms with Gasteiger partial charge in [0.1, 0.15) is 6.23 Å². The molecule has 1 saturated heterocycles. The molecule has 1 fully saturated rings. The lowest BCUT2D eigenvalue weighted by Gasteiger charge is -2.16. The normalized spacial score (nSPS) is 27.8. The van der Waals surface area contributed by atoms with Crippen LogP contribution in [0.4, 0.5) is 0 Å². The minimum absolute atomic E-state index is 0.151. The maximum Gasteiger partial charge on any atom is 0.108 e. The summed E-state index contributed by atoms with van der Waals surface area (Å²) in [5.41, 5.74) is 0.151. The number of hydrogen-bond donors (Lipinski definition) is 1. The van der Waals surface area contributed by atoms with E-state index in [0.717, 1.165) is 26.1 Å². The molecule has 0 aromatic carbocycles. The van der Waals surface area contributed by atoms with Crippen LogP contribution in [0.2, 0.25) is 0 Å². The molecule has 72 valence electrons. The zero-order chi connectivity index (χ0) is 9.03. The predicted octanol–water partition coefficient (Wildman–Crippen LogP) is 1.14. The average molecular weight is 173 g/mol. The Morgan fingerprint density at radius 2 is 2.33 bits per heavy atom. The molecule has 0 aromatic rings. The average Bonchev–Trinajstić information content (AvgIpc) is 2.31. The summed E-state index contributed by atoms with van der Waals surface area (Å²) < 4.78 is 10.5. The molecule has 1 unspecified atom stereocenters. The SMILES string of the molecule is COCCCC1NC(C)(C)CO1. The quantitative estimate of drug-likeness (QED) is 0.647. The van der Waals surface area contributed by atoms with E-state index in [0.29, 0.717) is 0 Å². The Morgan fingerprint density at radius 3 is 2.83 bits per heavy atom. The van der Waals surface area contributed by atoms with Gasteiger partial charge in [-0.2, -0.15) is 0 Å². The molecule has 1 atom stereocenters. The molecule has 1 N–H and O–H groups in total. The van der Waals surface area contributed by atoms with Crippen molar-refractivity contribution in [2.45, 2.75) is 38.5 Å². The molecule has 0 spiro atoms. The highest BCUT2D eigenvalue weighted by Crippen LogP contribution is 2.16. The fraction of sp³-hybridized carbons (Fsp3) is 1.00. The zero-order valence-electron chi connectivity index (χ0n) is 8.22. The lowest BCUT2D eigenvalue weighted by molar-refractivity contribution is 0.0810. The summed E-state index contributed by atoms with van der Waals surface area (Å²) >= 11 is 0. The number of ether oxygens (including phenoxy) is 2. The summed E-state index contributed by atoms with van der Waals surface area (Å²) in [7, 11) is 1.73. The molecule has 3 nitrogen and oxygen atoms in total. The van der Waals surface area contributed by atoms with Crippen molar-refractivity contribution in [1.82, 2.24) is 5.32 Å².